The zero-order chi connectivity index (χ0) is 23.1. The van der Waals surface area contributed by atoms with Crippen LogP contribution in [0.2, 0.25) is 0 Å². The lowest BCUT2D eigenvalue weighted by atomic mass is 10.1. The van der Waals surface area contributed by atoms with Crippen LogP contribution in [0.5, 0.6) is 23.0 Å². The van der Waals surface area contributed by atoms with E-state index in [0.29, 0.717) is 29.4 Å². The van der Waals surface area contributed by atoms with Crippen LogP contribution in [0.25, 0.3) is 0 Å². The molecule has 2 aromatic carbocycles. The molecule has 0 saturated carbocycles. The smallest absolute Gasteiger partial charge is 0.254 e. The maximum absolute atomic E-state index is 13.7. The molecule has 3 rings (SSSR count). The standard InChI is InChI=1S/C25H29NO5S/c1-17(13-21-7-6-12-32-21)26(16-18-8-10-20(28-2)11-9-18)25(27)19-14-22(29-3)24(31-5)23(15-19)30-4/h6-12,14-15,17H,13,16H2,1-5H3/t17-/m1/s1. The third-order valence-electron chi connectivity index (χ3n) is 5.29. The van der Waals surface area contributed by atoms with Gasteiger partial charge in [0.15, 0.2) is 11.5 Å². The minimum absolute atomic E-state index is 0.0256. The molecule has 170 valence electrons. The number of hydrogen-bond acceptors (Lipinski definition) is 6. The maximum Gasteiger partial charge on any atom is 0.254 e. The quantitative estimate of drug-likeness (QED) is 0.428. The highest BCUT2D eigenvalue weighted by atomic mass is 32.1. The third kappa shape index (κ3) is 5.34. The third-order valence-corrected chi connectivity index (χ3v) is 6.19. The summed E-state index contributed by atoms with van der Waals surface area (Å²) in [7, 11) is 6.26. The molecule has 32 heavy (non-hydrogen) atoms. The Morgan fingerprint density at radius 2 is 1.59 bits per heavy atom. The van der Waals surface area contributed by atoms with E-state index in [1.54, 1.807) is 51.9 Å². The molecule has 0 bridgehead atoms. The first-order valence-corrected chi connectivity index (χ1v) is 11.1. The van der Waals surface area contributed by atoms with Crippen molar-refractivity contribution in [3.63, 3.8) is 0 Å². The van der Waals surface area contributed by atoms with E-state index < -0.39 is 0 Å². The van der Waals surface area contributed by atoms with Crippen LogP contribution in [0.3, 0.4) is 0 Å². The molecule has 0 fully saturated rings. The largest absolute Gasteiger partial charge is 0.497 e. The summed E-state index contributed by atoms with van der Waals surface area (Å²) in [5.41, 5.74) is 1.50. The summed E-state index contributed by atoms with van der Waals surface area (Å²) in [6.45, 7) is 2.53. The number of nitrogens with zero attached hydrogens (tertiary/aromatic N) is 1. The van der Waals surface area contributed by atoms with E-state index in [2.05, 4.69) is 18.4 Å². The van der Waals surface area contributed by atoms with E-state index in [1.165, 1.54) is 4.88 Å². The van der Waals surface area contributed by atoms with Crippen molar-refractivity contribution in [1.82, 2.24) is 4.90 Å². The van der Waals surface area contributed by atoms with Gasteiger partial charge in [0.2, 0.25) is 5.75 Å². The number of amides is 1. The summed E-state index contributed by atoms with van der Waals surface area (Å²) in [5, 5.41) is 2.05. The zero-order valence-corrected chi connectivity index (χ0v) is 19.9. The Morgan fingerprint density at radius 1 is 0.938 bits per heavy atom. The highest BCUT2D eigenvalue weighted by Gasteiger charge is 2.25. The number of thiophene rings is 1. The van der Waals surface area contributed by atoms with Gasteiger partial charge in [0, 0.05) is 29.4 Å². The van der Waals surface area contributed by atoms with Crippen molar-refractivity contribution in [3.05, 3.63) is 69.9 Å². The summed E-state index contributed by atoms with van der Waals surface area (Å²) >= 11 is 1.69. The first kappa shape index (κ1) is 23.5. The van der Waals surface area contributed by atoms with Crippen LogP contribution < -0.4 is 18.9 Å². The highest BCUT2D eigenvalue weighted by Crippen LogP contribution is 2.38. The molecule has 1 amide bonds. The number of methoxy groups -OCH3 is 4. The lowest BCUT2D eigenvalue weighted by Gasteiger charge is -2.30. The number of hydrogen-bond donors (Lipinski definition) is 0. The molecule has 0 unspecified atom stereocenters. The zero-order valence-electron chi connectivity index (χ0n) is 19.1. The molecule has 1 aromatic heterocycles. The lowest BCUT2D eigenvalue weighted by Crippen LogP contribution is -2.39. The predicted molar refractivity (Wildman–Crippen MR) is 126 cm³/mol. The van der Waals surface area contributed by atoms with Gasteiger partial charge in [-0.15, -0.1) is 11.3 Å². The number of rotatable bonds is 10. The van der Waals surface area contributed by atoms with E-state index in [-0.39, 0.29) is 11.9 Å². The van der Waals surface area contributed by atoms with Gasteiger partial charge >= 0.3 is 0 Å². The lowest BCUT2D eigenvalue weighted by molar-refractivity contribution is 0.0675. The van der Waals surface area contributed by atoms with Crippen molar-refractivity contribution >= 4 is 17.2 Å². The number of benzene rings is 2. The van der Waals surface area contributed by atoms with Gasteiger partial charge in [0.25, 0.3) is 5.91 Å². The molecule has 3 aromatic rings. The fourth-order valence-electron chi connectivity index (χ4n) is 3.56. The summed E-state index contributed by atoms with van der Waals surface area (Å²) in [5.74, 6) is 2.03. The molecule has 1 atom stereocenters. The van der Waals surface area contributed by atoms with Gasteiger partial charge < -0.3 is 23.8 Å². The minimum Gasteiger partial charge on any atom is -0.497 e. The van der Waals surface area contributed by atoms with Gasteiger partial charge in [0.1, 0.15) is 5.75 Å². The predicted octanol–water partition coefficient (Wildman–Crippen LogP) is 5.06. The Labute approximate surface area is 193 Å². The normalized spacial score (nSPS) is 11.5. The number of carbonyl (C=O) groups excluding carboxylic acids is 1. The molecule has 0 radical (unpaired) electrons. The molecule has 1 heterocycles. The summed E-state index contributed by atoms with van der Waals surface area (Å²) in [4.78, 5) is 16.8. The van der Waals surface area contributed by atoms with Crippen LogP contribution in [0, 0.1) is 0 Å². The highest BCUT2D eigenvalue weighted by molar-refractivity contribution is 7.09. The van der Waals surface area contributed by atoms with Gasteiger partial charge in [-0.2, -0.15) is 0 Å². The van der Waals surface area contributed by atoms with Gasteiger partial charge in [-0.25, -0.2) is 0 Å². The van der Waals surface area contributed by atoms with Crippen molar-refractivity contribution in [2.45, 2.75) is 25.9 Å². The molecule has 0 N–H and O–H groups in total. The van der Waals surface area contributed by atoms with Crippen molar-refractivity contribution in [2.75, 3.05) is 28.4 Å². The van der Waals surface area contributed by atoms with Gasteiger partial charge in [-0.05, 0) is 48.2 Å². The molecule has 0 saturated heterocycles. The Morgan fingerprint density at radius 3 is 2.09 bits per heavy atom. The maximum atomic E-state index is 13.7. The first-order chi connectivity index (χ1) is 15.5. The molecule has 0 aliphatic heterocycles. The van der Waals surface area contributed by atoms with Crippen molar-refractivity contribution in [3.8, 4) is 23.0 Å². The van der Waals surface area contributed by atoms with Gasteiger partial charge in [-0.1, -0.05) is 18.2 Å². The number of carbonyl (C=O) groups is 1. The second-order valence-corrected chi connectivity index (χ2v) is 8.36. The van der Waals surface area contributed by atoms with Crippen molar-refractivity contribution in [1.29, 1.82) is 0 Å². The minimum atomic E-state index is -0.107. The van der Waals surface area contributed by atoms with E-state index in [9.17, 15) is 4.79 Å². The average Bonchev–Trinajstić information content (AvgIpc) is 3.34. The van der Waals surface area contributed by atoms with E-state index in [1.807, 2.05) is 35.2 Å². The van der Waals surface area contributed by atoms with Crippen LogP contribution in [-0.2, 0) is 13.0 Å². The van der Waals surface area contributed by atoms with Crippen LogP contribution in [0.15, 0.2) is 53.9 Å². The van der Waals surface area contributed by atoms with Crippen LogP contribution in [0.1, 0.15) is 27.7 Å². The molecule has 0 aliphatic rings. The monoisotopic (exact) mass is 455 g/mol. The SMILES string of the molecule is COc1ccc(CN(C(=O)c2cc(OC)c(OC)c(OC)c2)[C@H](C)Cc2cccs2)cc1. The van der Waals surface area contributed by atoms with E-state index in [4.69, 9.17) is 18.9 Å². The Bertz CT molecular complexity index is 992. The molecular formula is C25H29NO5S. The van der Waals surface area contributed by atoms with E-state index >= 15 is 0 Å². The summed E-state index contributed by atoms with van der Waals surface area (Å²) < 4.78 is 21.6. The Hall–Kier alpha value is -3.19. The van der Waals surface area contributed by atoms with E-state index in [0.717, 1.165) is 17.7 Å². The van der Waals surface area contributed by atoms with Crippen molar-refractivity contribution in [2.24, 2.45) is 0 Å². The fraction of sp³-hybridized carbons (Fsp3) is 0.320. The molecule has 6 nitrogen and oxygen atoms in total. The van der Waals surface area contributed by atoms with Crippen molar-refractivity contribution < 1.29 is 23.7 Å². The van der Waals surface area contributed by atoms with Crippen LogP contribution in [-0.4, -0.2) is 45.3 Å². The summed E-state index contributed by atoms with van der Waals surface area (Å²) in [6, 6.07) is 15.3. The second kappa shape index (κ2) is 10.9. The first-order valence-electron chi connectivity index (χ1n) is 10.3. The summed E-state index contributed by atoms with van der Waals surface area (Å²) in [6.07, 6.45) is 0.768. The Balaban J connectivity index is 1.96. The average molecular weight is 456 g/mol. The van der Waals surface area contributed by atoms with Gasteiger partial charge in [-0.3, -0.25) is 4.79 Å². The second-order valence-electron chi connectivity index (χ2n) is 7.33. The fourth-order valence-corrected chi connectivity index (χ4v) is 4.38. The molecule has 0 aliphatic carbocycles. The van der Waals surface area contributed by atoms with Crippen LogP contribution in [0.4, 0.5) is 0 Å². The van der Waals surface area contributed by atoms with Crippen LogP contribution >= 0.6 is 11.3 Å². The van der Waals surface area contributed by atoms with Gasteiger partial charge in [0.05, 0.1) is 28.4 Å². The molecule has 0 spiro atoms. The molecular weight excluding hydrogens is 426 g/mol. The topological polar surface area (TPSA) is 57.2 Å². The number of ether oxygens (including phenoxy) is 4. The Kier molecular flexibility index (Phi) is 8.00. The molecule has 7 heteroatoms.